The Labute approximate surface area is 332 Å². The first kappa shape index (κ1) is 32.1. The number of hydrogen-bond acceptors (Lipinski definition) is 2. The van der Waals surface area contributed by atoms with Gasteiger partial charge < -0.3 is 4.90 Å². The molecule has 1 aromatic heterocycles. The van der Waals surface area contributed by atoms with Crippen LogP contribution in [0.5, 0.6) is 0 Å². The first-order valence-electron chi connectivity index (χ1n) is 19.9. The van der Waals surface area contributed by atoms with E-state index in [1.807, 2.05) is 11.3 Å². The summed E-state index contributed by atoms with van der Waals surface area (Å²) in [6.07, 6.45) is 2.06. The van der Waals surface area contributed by atoms with Gasteiger partial charge in [-0.15, -0.1) is 11.3 Å². The lowest BCUT2D eigenvalue weighted by molar-refractivity contribution is 0.660. The van der Waals surface area contributed by atoms with Crippen LogP contribution in [0.25, 0.3) is 42.4 Å². The molecule has 0 atom stereocenters. The van der Waals surface area contributed by atoms with Gasteiger partial charge in [0.1, 0.15) is 0 Å². The summed E-state index contributed by atoms with van der Waals surface area (Å²) in [6, 6.07) is 67.0. The van der Waals surface area contributed by atoms with E-state index in [9.17, 15) is 0 Å². The number of nitrogens with zero attached hydrogens (tertiary/aromatic N) is 1. The topological polar surface area (TPSA) is 3.24 Å². The number of fused-ring (bicyclic) bond motifs is 15. The molecule has 0 radical (unpaired) electrons. The van der Waals surface area contributed by atoms with E-state index in [4.69, 9.17) is 0 Å². The van der Waals surface area contributed by atoms with Crippen molar-refractivity contribution in [1.82, 2.24) is 0 Å². The van der Waals surface area contributed by atoms with Gasteiger partial charge >= 0.3 is 0 Å². The third-order valence-electron chi connectivity index (χ3n) is 13.2. The van der Waals surface area contributed by atoms with E-state index in [1.165, 1.54) is 104 Å². The Bertz CT molecular complexity index is 3040. The minimum atomic E-state index is -0.438. The molecule has 3 aliphatic carbocycles. The summed E-state index contributed by atoms with van der Waals surface area (Å²) in [5, 5.41) is 2.62. The molecule has 0 unspecified atom stereocenters. The summed E-state index contributed by atoms with van der Waals surface area (Å²) in [4.78, 5) is 2.52. The van der Waals surface area contributed by atoms with Gasteiger partial charge in [-0.1, -0.05) is 141 Å². The lowest BCUT2D eigenvalue weighted by Crippen LogP contribution is -2.30. The minimum absolute atomic E-state index is 0.113. The van der Waals surface area contributed by atoms with Gasteiger partial charge in [0, 0.05) is 42.6 Å². The lowest BCUT2D eigenvalue weighted by Gasteiger charge is -2.36. The molecule has 9 aromatic rings. The summed E-state index contributed by atoms with van der Waals surface area (Å²) in [6.45, 7) is 4.76. The maximum atomic E-state index is 2.54. The molecule has 0 fully saturated rings. The highest BCUT2D eigenvalue weighted by Crippen LogP contribution is 2.60. The normalized spacial score (nSPS) is 15.1. The summed E-state index contributed by atoms with van der Waals surface area (Å²) in [5.41, 5.74) is 19.5. The average Bonchev–Trinajstić information content (AvgIpc) is 3.79. The van der Waals surface area contributed by atoms with Crippen LogP contribution in [-0.4, -0.2) is 0 Å². The third kappa shape index (κ3) is 4.25. The largest absolute Gasteiger partial charge is 0.310 e. The number of hydrogen-bond donors (Lipinski definition) is 0. The Morgan fingerprint density at radius 1 is 0.393 bits per heavy atom. The summed E-state index contributed by atoms with van der Waals surface area (Å²) in [5.74, 6) is 0. The highest BCUT2D eigenvalue weighted by Gasteiger charge is 2.49. The zero-order chi connectivity index (χ0) is 37.2. The van der Waals surface area contributed by atoms with E-state index in [2.05, 4.69) is 195 Å². The third-order valence-corrected chi connectivity index (χ3v) is 14.4. The van der Waals surface area contributed by atoms with Crippen LogP contribution in [0, 0.1) is 0 Å². The lowest BCUT2D eigenvalue weighted by atomic mass is 9.66. The van der Waals surface area contributed by atoms with Crippen LogP contribution in [-0.2, 0) is 23.7 Å². The molecule has 1 nitrogen and oxygen atoms in total. The van der Waals surface area contributed by atoms with Crippen LogP contribution in [0.1, 0.15) is 58.4 Å². The Hall–Kier alpha value is -6.22. The van der Waals surface area contributed by atoms with Crippen molar-refractivity contribution in [2.24, 2.45) is 0 Å². The van der Waals surface area contributed by atoms with E-state index in [-0.39, 0.29) is 5.41 Å². The molecule has 8 aromatic carbocycles. The van der Waals surface area contributed by atoms with Gasteiger partial charge in [-0.25, -0.2) is 0 Å². The zero-order valence-electron chi connectivity index (χ0n) is 31.5. The zero-order valence-corrected chi connectivity index (χ0v) is 32.3. The molecule has 0 aliphatic heterocycles. The van der Waals surface area contributed by atoms with E-state index < -0.39 is 5.41 Å². The van der Waals surface area contributed by atoms with Crippen LogP contribution in [0.3, 0.4) is 0 Å². The molecule has 0 bridgehead atoms. The second-order valence-corrected chi connectivity index (χ2v) is 17.4. The second-order valence-electron chi connectivity index (χ2n) is 16.4. The van der Waals surface area contributed by atoms with Crippen molar-refractivity contribution in [3.05, 3.63) is 220 Å². The fourth-order valence-electron chi connectivity index (χ4n) is 10.7. The number of anilines is 3. The standard InChI is InChI=1S/C54H39NS/c1-53(2)47-20-10-5-15-39(47)41-28-25-37(32-49(41)53)55(36-27-30-52-44(31-36)43-17-7-12-22-51(43)56-52)38-26-29-42-40-16-6-11-21-48(40)54(50(42)33-38)45-18-8-3-13-34(45)23-24-35-14-4-9-19-46(35)54/h3-22,25-33H,23-24H2,1-2H3. The Kier molecular flexibility index (Phi) is 6.67. The van der Waals surface area contributed by atoms with Crippen molar-refractivity contribution in [3.63, 3.8) is 0 Å². The van der Waals surface area contributed by atoms with Crippen LogP contribution >= 0.6 is 11.3 Å². The SMILES string of the molecule is CC1(C)c2ccccc2-c2ccc(N(c3ccc4c(c3)C3(c5ccccc5CCc5ccccc53)c3ccccc3-4)c3ccc4sc5ccccc5c4c3)cc21. The maximum absolute atomic E-state index is 2.54. The Morgan fingerprint density at radius 3 is 1.59 bits per heavy atom. The van der Waals surface area contributed by atoms with E-state index in [1.54, 1.807) is 0 Å². The molecule has 12 rings (SSSR count). The molecule has 1 spiro atoms. The predicted octanol–water partition coefficient (Wildman–Crippen LogP) is 14.3. The molecular formula is C54H39NS. The van der Waals surface area contributed by atoms with Crippen molar-refractivity contribution in [1.29, 1.82) is 0 Å². The van der Waals surface area contributed by atoms with Gasteiger partial charge in [0.15, 0.2) is 0 Å². The van der Waals surface area contributed by atoms with E-state index >= 15 is 0 Å². The number of rotatable bonds is 3. The molecular weight excluding hydrogens is 695 g/mol. The first-order chi connectivity index (χ1) is 27.5. The van der Waals surface area contributed by atoms with Crippen LogP contribution in [0.4, 0.5) is 17.1 Å². The molecule has 56 heavy (non-hydrogen) atoms. The number of aryl methyl sites for hydroxylation is 2. The van der Waals surface area contributed by atoms with Crippen molar-refractivity contribution in [2.75, 3.05) is 4.90 Å². The van der Waals surface area contributed by atoms with Crippen LogP contribution in [0.15, 0.2) is 176 Å². The van der Waals surface area contributed by atoms with E-state index in [0.29, 0.717) is 0 Å². The van der Waals surface area contributed by atoms with Crippen molar-refractivity contribution in [3.8, 4) is 22.3 Å². The number of benzene rings is 8. The monoisotopic (exact) mass is 733 g/mol. The predicted molar refractivity (Wildman–Crippen MR) is 236 cm³/mol. The van der Waals surface area contributed by atoms with Crippen LogP contribution in [0.2, 0.25) is 0 Å². The summed E-state index contributed by atoms with van der Waals surface area (Å²) < 4.78 is 2.64. The fourth-order valence-corrected chi connectivity index (χ4v) is 11.8. The van der Waals surface area contributed by atoms with Gasteiger partial charge in [-0.3, -0.25) is 0 Å². The van der Waals surface area contributed by atoms with Gasteiger partial charge in [-0.2, -0.15) is 0 Å². The first-order valence-corrected chi connectivity index (χ1v) is 20.7. The fraction of sp³-hybridized carbons (Fsp3) is 0.111. The highest BCUT2D eigenvalue weighted by molar-refractivity contribution is 7.25. The Morgan fingerprint density at radius 2 is 0.875 bits per heavy atom. The smallest absolute Gasteiger partial charge is 0.0719 e. The average molecular weight is 734 g/mol. The van der Waals surface area contributed by atoms with Gasteiger partial charge in [-0.05, 0) is 128 Å². The molecule has 0 saturated heterocycles. The maximum Gasteiger partial charge on any atom is 0.0719 e. The minimum Gasteiger partial charge on any atom is -0.310 e. The molecule has 0 N–H and O–H groups in total. The molecule has 266 valence electrons. The second kappa shape index (κ2) is 11.6. The van der Waals surface area contributed by atoms with Crippen molar-refractivity contribution in [2.45, 2.75) is 37.5 Å². The quantitative estimate of drug-likeness (QED) is 0.175. The van der Waals surface area contributed by atoms with Gasteiger partial charge in [0.25, 0.3) is 0 Å². The molecule has 0 amide bonds. The van der Waals surface area contributed by atoms with Crippen molar-refractivity contribution >= 4 is 48.6 Å². The molecule has 3 aliphatic rings. The van der Waals surface area contributed by atoms with E-state index in [0.717, 1.165) is 12.8 Å². The summed E-state index contributed by atoms with van der Waals surface area (Å²) >= 11 is 1.88. The van der Waals surface area contributed by atoms with Crippen LogP contribution < -0.4 is 4.90 Å². The molecule has 2 heteroatoms. The molecule has 1 heterocycles. The number of thiophene rings is 1. The molecule has 0 saturated carbocycles. The van der Waals surface area contributed by atoms with Gasteiger partial charge in [0.2, 0.25) is 0 Å². The van der Waals surface area contributed by atoms with Gasteiger partial charge in [0.05, 0.1) is 5.41 Å². The van der Waals surface area contributed by atoms with Crippen molar-refractivity contribution < 1.29 is 0 Å². The Balaban J connectivity index is 1.15. The highest BCUT2D eigenvalue weighted by atomic mass is 32.1. The summed E-state index contributed by atoms with van der Waals surface area (Å²) in [7, 11) is 0.